The Bertz CT molecular complexity index is 549. The van der Waals surface area contributed by atoms with Gasteiger partial charge in [0.05, 0.1) is 11.0 Å². The predicted octanol–water partition coefficient (Wildman–Crippen LogP) is 1.32. The molecule has 0 aliphatic carbocycles. The molecule has 0 bridgehead atoms. The van der Waals surface area contributed by atoms with Gasteiger partial charge in [0.2, 0.25) is 0 Å². The van der Waals surface area contributed by atoms with Crippen LogP contribution in [-0.4, -0.2) is 23.1 Å². The van der Waals surface area contributed by atoms with Gasteiger partial charge >= 0.3 is 5.69 Å². The highest BCUT2D eigenvalue weighted by atomic mass is 16.1. The molecule has 1 saturated heterocycles. The van der Waals surface area contributed by atoms with Gasteiger partial charge in [-0.1, -0.05) is 12.1 Å². The van der Waals surface area contributed by atoms with E-state index in [1.54, 1.807) is 0 Å². The topological polar surface area (TPSA) is 60.7 Å². The van der Waals surface area contributed by atoms with Crippen molar-refractivity contribution in [2.24, 2.45) is 0 Å². The maximum atomic E-state index is 11.3. The van der Waals surface area contributed by atoms with Crippen molar-refractivity contribution in [1.82, 2.24) is 15.3 Å². The summed E-state index contributed by atoms with van der Waals surface area (Å²) in [5.41, 5.74) is 3.06. The van der Waals surface area contributed by atoms with Crippen molar-refractivity contribution in [1.29, 1.82) is 0 Å². The van der Waals surface area contributed by atoms with E-state index in [0.717, 1.165) is 37.0 Å². The molecule has 0 spiro atoms. The normalized spacial score (nSPS) is 18.0. The van der Waals surface area contributed by atoms with E-state index in [2.05, 4.69) is 21.4 Å². The van der Waals surface area contributed by atoms with Gasteiger partial charge in [-0.25, -0.2) is 4.79 Å². The monoisotopic (exact) mass is 217 g/mol. The molecule has 4 nitrogen and oxygen atoms in total. The fourth-order valence-electron chi connectivity index (χ4n) is 2.55. The lowest BCUT2D eigenvalue weighted by Gasteiger charge is -2.23. The zero-order valence-corrected chi connectivity index (χ0v) is 9.05. The molecule has 0 atom stereocenters. The summed E-state index contributed by atoms with van der Waals surface area (Å²) in [5, 5.41) is 3.36. The lowest BCUT2D eigenvalue weighted by atomic mass is 9.89. The Kier molecular flexibility index (Phi) is 2.29. The Labute approximate surface area is 93.1 Å². The highest BCUT2D eigenvalue weighted by Gasteiger charge is 2.18. The van der Waals surface area contributed by atoms with E-state index >= 15 is 0 Å². The fraction of sp³-hybridized carbons (Fsp3) is 0.417. The minimum Gasteiger partial charge on any atom is -0.317 e. The quantitative estimate of drug-likeness (QED) is 0.674. The zero-order valence-electron chi connectivity index (χ0n) is 9.05. The third kappa shape index (κ3) is 1.55. The molecule has 84 valence electrons. The molecule has 1 fully saturated rings. The van der Waals surface area contributed by atoms with E-state index in [9.17, 15) is 4.79 Å². The first kappa shape index (κ1) is 9.66. The minimum absolute atomic E-state index is 0.114. The third-order valence-electron chi connectivity index (χ3n) is 3.36. The smallest absolute Gasteiger partial charge is 0.317 e. The number of benzene rings is 1. The molecule has 3 N–H and O–H groups in total. The summed E-state index contributed by atoms with van der Waals surface area (Å²) in [6.45, 7) is 2.13. The summed E-state index contributed by atoms with van der Waals surface area (Å²) in [6.07, 6.45) is 2.29. The van der Waals surface area contributed by atoms with Crippen LogP contribution in [0.15, 0.2) is 23.0 Å². The number of nitrogens with one attached hydrogen (secondary N) is 3. The molecule has 2 heterocycles. The van der Waals surface area contributed by atoms with Crippen molar-refractivity contribution in [2.45, 2.75) is 18.8 Å². The maximum absolute atomic E-state index is 11.3. The summed E-state index contributed by atoms with van der Waals surface area (Å²) in [6, 6.07) is 6.09. The fourth-order valence-corrected chi connectivity index (χ4v) is 2.55. The number of aromatic nitrogens is 2. The molecule has 16 heavy (non-hydrogen) atoms. The largest absolute Gasteiger partial charge is 0.323 e. The molecule has 0 unspecified atom stereocenters. The lowest BCUT2D eigenvalue weighted by Crippen LogP contribution is -2.26. The highest BCUT2D eigenvalue weighted by Crippen LogP contribution is 2.29. The van der Waals surface area contributed by atoms with Crippen LogP contribution in [0.5, 0.6) is 0 Å². The molecule has 0 amide bonds. The Balaban J connectivity index is 2.11. The number of piperidine rings is 1. The predicted molar refractivity (Wildman–Crippen MR) is 63.8 cm³/mol. The lowest BCUT2D eigenvalue weighted by molar-refractivity contribution is 0.462. The first-order valence-electron chi connectivity index (χ1n) is 5.76. The van der Waals surface area contributed by atoms with E-state index in [-0.39, 0.29) is 5.69 Å². The third-order valence-corrected chi connectivity index (χ3v) is 3.36. The van der Waals surface area contributed by atoms with Crippen LogP contribution < -0.4 is 11.0 Å². The van der Waals surface area contributed by atoms with E-state index < -0.39 is 0 Å². The second-order valence-electron chi connectivity index (χ2n) is 4.37. The van der Waals surface area contributed by atoms with Gasteiger partial charge in [0.1, 0.15) is 0 Å². The van der Waals surface area contributed by atoms with Crippen LogP contribution in [0, 0.1) is 0 Å². The number of para-hydroxylation sites is 1. The molecule has 0 saturated carbocycles. The van der Waals surface area contributed by atoms with Crippen molar-refractivity contribution >= 4 is 11.0 Å². The Morgan fingerprint density at radius 2 is 1.94 bits per heavy atom. The average molecular weight is 217 g/mol. The van der Waals surface area contributed by atoms with Crippen LogP contribution in [0.1, 0.15) is 24.3 Å². The van der Waals surface area contributed by atoms with E-state index in [4.69, 9.17) is 0 Å². The Hall–Kier alpha value is -1.55. The van der Waals surface area contributed by atoms with Crippen molar-refractivity contribution in [3.63, 3.8) is 0 Å². The van der Waals surface area contributed by atoms with Gasteiger partial charge in [0.15, 0.2) is 0 Å². The molecule has 2 aromatic rings. The number of imidazole rings is 1. The number of aromatic amines is 2. The first-order chi connectivity index (χ1) is 7.84. The van der Waals surface area contributed by atoms with Gasteiger partial charge < -0.3 is 15.3 Å². The standard InChI is InChI=1S/C12H15N3O/c16-12-14-10-3-1-2-9(11(10)15-12)8-4-6-13-7-5-8/h1-3,8,13H,4-7H2,(H2,14,15,16). The van der Waals surface area contributed by atoms with Crippen LogP contribution in [0.3, 0.4) is 0 Å². The average Bonchev–Trinajstić information content (AvgIpc) is 2.70. The second kappa shape index (κ2) is 3.79. The molecule has 1 aromatic carbocycles. The summed E-state index contributed by atoms with van der Waals surface area (Å²) in [5.74, 6) is 0.566. The SMILES string of the molecule is O=c1[nH]c2cccc(C3CCNCC3)c2[nH]1. The zero-order chi connectivity index (χ0) is 11.0. The number of H-pyrrole nitrogens is 2. The highest BCUT2D eigenvalue weighted by molar-refractivity contribution is 5.78. The number of hydrogen-bond donors (Lipinski definition) is 3. The number of hydrogen-bond acceptors (Lipinski definition) is 2. The molecular weight excluding hydrogens is 202 g/mol. The van der Waals surface area contributed by atoms with E-state index in [1.807, 2.05) is 12.1 Å². The Morgan fingerprint density at radius 1 is 1.12 bits per heavy atom. The van der Waals surface area contributed by atoms with Gasteiger partial charge in [-0.15, -0.1) is 0 Å². The minimum atomic E-state index is -0.114. The van der Waals surface area contributed by atoms with Crippen LogP contribution in [-0.2, 0) is 0 Å². The van der Waals surface area contributed by atoms with E-state index in [0.29, 0.717) is 5.92 Å². The van der Waals surface area contributed by atoms with Gasteiger partial charge in [-0.05, 0) is 43.5 Å². The summed E-state index contributed by atoms with van der Waals surface area (Å²) >= 11 is 0. The summed E-state index contributed by atoms with van der Waals surface area (Å²) in [7, 11) is 0. The van der Waals surface area contributed by atoms with Gasteiger partial charge in [0.25, 0.3) is 0 Å². The molecule has 4 heteroatoms. The molecule has 0 radical (unpaired) electrons. The Morgan fingerprint density at radius 3 is 2.75 bits per heavy atom. The maximum Gasteiger partial charge on any atom is 0.323 e. The van der Waals surface area contributed by atoms with Crippen molar-refractivity contribution in [3.05, 3.63) is 34.2 Å². The van der Waals surface area contributed by atoms with Crippen LogP contribution in [0.2, 0.25) is 0 Å². The molecule has 1 aliphatic heterocycles. The van der Waals surface area contributed by atoms with Crippen LogP contribution in [0.25, 0.3) is 11.0 Å². The first-order valence-corrected chi connectivity index (χ1v) is 5.76. The van der Waals surface area contributed by atoms with Gasteiger partial charge in [0, 0.05) is 0 Å². The number of fused-ring (bicyclic) bond motifs is 1. The van der Waals surface area contributed by atoms with Crippen molar-refractivity contribution in [2.75, 3.05) is 13.1 Å². The molecular formula is C12H15N3O. The molecule has 3 rings (SSSR count). The summed E-state index contributed by atoms with van der Waals surface area (Å²) in [4.78, 5) is 17.0. The van der Waals surface area contributed by atoms with Crippen molar-refractivity contribution < 1.29 is 0 Å². The van der Waals surface area contributed by atoms with Crippen LogP contribution >= 0.6 is 0 Å². The van der Waals surface area contributed by atoms with Crippen molar-refractivity contribution in [3.8, 4) is 0 Å². The van der Waals surface area contributed by atoms with E-state index in [1.165, 1.54) is 5.56 Å². The van der Waals surface area contributed by atoms with Crippen LogP contribution in [0.4, 0.5) is 0 Å². The van der Waals surface area contributed by atoms with Gasteiger partial charge in [-0.3, -0.25) is 0 Å². The molecule has 1 aromatic heterocycles. The summed E-state index contributed by atoms with van der Waals surface area (Å²) < 4.78 is 0. The van der Waals surface area contributed by atoms with Gasteiger partial charge in [-0.2, -0.15) is 0 Å². The molecule has 1 aliphatic rings. The second-order valence-corrected chi connectivity index (χ2v) is 4.37. The number of rotatable bonds is 1.